The van der Waals surface area contributed by atoms with E-state index in [9.17, 15) is 4.79 Å². The van der Waals surface area contributed by atoms with Crippen LogP contribution in [0.15, 0.2) is 48.5 Å². The summed E-state index contributed by atoms with van der Waals surface area (Å²) in [5.41, 5.74) is 5.50. The Kier molecular flexibility index (Phi) is 4.24. The van der Waals surface area contributed by atoms with Gasteiger partial charge < -0.3 is 10.2 Å². The SMILES string of the molecule is O=C(NCCc1ccc(N2CCc3ccccc3C2)cc1)C1CC1. The van der Waals surface area contributed by atoms with Crippen LogP contribution in [0.4, 0.5) is 5.69 Å². The number of nitrogens with one attached hydrogen (secondary N) is 1. The Morgan fingerprint density at radius 1 is 1.04 bits per heavy atom. The van der Waals surface area contributed by atoms with Crippen molar-refractivity contribution in [2.24, 2.45) is 5.92 Å². The Labute approximate surface area is 143 Å². The van der Waals surface area contributed by atoms with E-state index in [4.69, 9.17) is 0 Å². The van der Waals surface area contributed by atoms with Crippen molar-refractivity contribution >= 4 is 11.6 Å². The highest BCUT2D eigenvalue weighted by Gasteiger charge is 2.28. The minimum absolute atomic E-state index is 0.235. The van der Waals surface area contributed by atoms with Gasteiger partial charge in [0.15, 0.2) is 0 Å². The van der Waals surface area contributed by atoms with Crippen LogP contribution in [0.1, 0.15) is 29.5 Å². The molecule has 0 atom stereocenters. The zero-order valence-corrected chi connectivity index (χ0v) is 14.0. The summed E-state index contributed by atoms with van der Waals surface area (Å²) in [6.45, 7) is 2.81. The minimum atomic E-state index is 0.235. The maximum Gasteiger partial charge on any atom is 0.223 e. The summed E-state index contributed by atoms with van der Waals surface area (Å²) in [6, 6.07) is 17.5. The van der Waals surface area contributed by atoms with Gasteiger partial charge in [-0.2, -0.15) is 0 Å². The van der Waals surface area contributed by atoms with Gasteiger partial charge in [-0.3, -0.25) is 4.79 Å². The Balaban J connectivity index is 1.33. The molecule has 0 aromatic heterocycles. The molecule has 0 radical (unpaired) electrons. The summed E-state index contributed by atoms with van der Waals surface area (Å²) in [6.07, 6.45) is 4.16. The van der Waals surface area contributed by atoms with Crippen molar-refractivity contribution in [3.05, 3.63) is 65.2 Å². The van der Waals surface area contributed by atoms with Gasteiger partial charge in [-0.25, -0.2) is 0 Å². The molecule has 1 amide bonds. The van der Waals surface area contributed by atoms with E-state index in [1.54, 1.807) is 0 Å². The lowest BCUT2D eigenvalue weighted by molar-refractivity contribution is -0.122. The second-order valence-electron chi connectivity index (χ2n) is 6.92. The molecule has 124 valence electrons. The van der Waals surface area contributed by atoms with Crippen molar-refractivity contribution in [1.82, 2.24) is 5.32 Å². The van der Waals surface area contributed by atoms with E-state index < -0.39 is 0 Å². The normalized spacial score (nSPS) is 16.6. The molecule has 2 aliphatic rings. The molecule has 1 aliphatic heterocycles. The summed E-state index contributed by atoms with van der Waals surface area (Å²) >= 11 is 0. The molecule has 0 spiro atoms. The molecule has 0 saturated heterocycles. The predicted octanol–water partition coefficient (Wildman–Crippen LogP) is 3.32. The second kappa shape index (κ2) is 6.68. The molecule has 4 rings (SSSR count). The summed E-state index contributed by atoms with van der Waals surface area (Å²) in [5.74, 6) is 0.535. The Hall–Kier alpha value is -2.29. The molecule has 0 unspecified atom stereocenters. The average Bonchev–Trinajstić information content (AvgIpc) is 3.47. The maximum atomic E-state index is 11.6. The van der Waals surface area contributed by atoms with Crippen LogP contribution in [-0.4, -0.2) is 19.0 Å². The van der Waals surface area contributed by atoms with Crippen LogP contribution < -0.4 is 10.2 Å². The van der Waals surface area contributed by atoms with Gasteiger partial charge >= 0.3 is 0 Å². The fraction of sp³-hybridized carbons (Fsp3) is 0.381. The lowest BCUT2D eigenvalue weighted by Crippen LogP contribution is -2.30. The number of amides is 1. The zero-order valence-electron chi connectivity index (χ0n) is 14.0. The second-order valence-corrected chi connectivity index (χ2v) is 6.92. The van der Waals surface area contributed by atoms with E-state index >= 15 is 0 Å². The van der Waals surface area contributed by atoms with Crippen molar-refractivity contribution < 1.29 is 4.79 Å². The van der Waals surface area contributed by atoms with Crippen molar-refractivity contribution in [3.63, 3.8) is 0 Å². The topological polar surface area (TPSA) is 32.3 Å². The first kappa shape index (κ1) is 15.3. The van der Waals surface area contributed by atoms with Gasteiger partial charge in [-0.1, -0.05) is 36.4 Å². The highest BCUT2D eigenvalue weighted by atomic mass is 16.2. The fourth-order valence-electron chi connectivity index (χ4n) is 3.41. The fourth-order valence-corrected chi connectivity index (χ4v) is 3.41. The van der Waals surface area contributed by atoms with Crippen LogP contribution in [0, 0.1) is 5.92 Å². The molecule has 3 nitrogen and oxygen atoms in total. The van der Waals surface area contributed by atoms with E-state index in [1.165, 1.54) is 22.4 Å². The molecule has 0 bridgehead atoms. The molecule has 2 aromatic carbocycles. The van der Waals surface area contributed by atoms with Gasteiger partial charge in [0.25, 0.3) is 0 Å². The lowest BCUT2D eigenvalue weighted by Gasteiger charge is -2.30. The third-order valence-electron chi connectivity index (χ3n) is 5.09. The summed E-state index contributed by atoms with van der Waals surface area (Å²) in [7, 11) is 0. The predicted molar refractivity (Wildman–Crippen MR) is 97.1 cm³/mol. The third-order valence-corrected chi connectivity index (χ3v) is 5.09. The molecular formula is C21H24N2O. The van der Waals surface area contributed by atoms with Crippen LogP contribution >= 0.6 is 0 Å². The largest absolute Gasteiger partial charge is 0.367 e. The van der Waals surface area contributed by atoms with Crippen LogP contribution in [0.3, 0.4) is 0 Å². The zero-order chi connectivity index (χ0) is 16.4. The third kappa shape index (κ3) is 3.45. The van der Waals surface area contributed by atoms with Gasteiger partial charge in [0.05, 0.1) is 0 Å². The molecule has 2 aromatic rings. The number of hydrogen-bond acceptors (Lipinski definition) is 2. The van der Waals surface area contributed by atoms with Gasteiger partial charge in [0.2, 0.25) is 5.91 Å². The van der Waals surface area contributed by atoms with Gasteiger partial charge in [-0.15, -0.1) is 0 Å². The summed E-state index contributed by atoms with van der Waals surface area (Å²) < 4.78 is 0. The van der Waals surface area contributed by atoms with E-state index in [1.807, 2.05) is 0 Å². The number of hydrogen-bond donors (Lipinski definition) is 1. The quantitative estimate of drug-likeness (QED) is 0.916. The first-order chi connectivity index (χ1) is 11.8. The molecule has 3 heteroatoms. The lowest BCUT2D eigenvalue weighted by atomic mass is 9.99. The van der Waals surface area contributed by atoms with Crippen molar-refractivity contribution in [2.45, 2.75) is 32.2 Å². The monoisotopic (exact) mass is 320 g/mol. The van der Waals surface area contributed by atoms with E-state index in [2.05, 4.69) is 58.7 Å². The van der Waals surface area contributed by atoms with Gasteiger partial charge in [0.1, 0.15) is 0 Å². The number of anilines is 1. The number of fused-ring (bicyclic) bond motifs is 1. The van der Waals surface area contributed by atoms with E-state index in [0.717, 1.165) is 45.3 Å². The van der Waals surface area contributed by atoms with Gasteiger partial charge in [0, 0.05) is 31.2 Å². The van der Waals surface area contributed by atoms with Crippen molar-refractivity contribution in [2.75, 3.05) is 18.0 Å². The average molecular weight is 320 g/mol. The molecule has 1 N–H and O–H groups in total. The number of rotatable bonds is 5. The molecule has 1 fully saturated rings. The minimum Gasteiger partial charge on any atom is -0.367 e. The van der Waals surface area contributed by atoms with Crippen molar-refractivity contribution in [1.29, 1.82) is 0 Å². The molecular weight excluding hydrogens is 296 g/mol. The van der Waals surface area contributed by atoms with Crippen molar-refractivity contribution in [3.8, 4) is 0 Å². The van der Waals surface area contributed by atoms with E-state index in [0.29, 0.717) is 5.92 Å². The number of nitrogens with zero attached hydrogens (tertiary/aromatic N) is 1. The first-order valence-corrected chi connectivity index (χ1v) is 8.98. The number of benzene rings is 2. The number of carbonyl (C=O) groups is 1. The summed E-state index contributed by atoms with van der Waals surface area (Å²) in [4.78, 5) is 14.1. The standard InChI is InChI=1S/C21H24N2O/c24-21(18-7-8-18)22-13-11-16-5-9-20(10-6-16)23-14-12-17-3-1-2-4-19(17)15-23/h1-6,9-10,18H,7-8,11-15H2,(H,22,24). The van der Waals surface area contributed by atoms with Crippen LogP contribution in [0.25, 0.3) is 0 Å². The molecule has 1 heterocycles. The maximum absolute atomic E-state index is 11.6. The van der Waals surface area contributed by atoms with E-state index in [-0.39, 0.29) is 5.91 Å². The highest BCUT2D eigenvalue weighted by molar-refractivity contribution is 5.80. The number of carbonyl (C=O) groups excluding carboxylic acids is 1. The summed E-state index contributed by atoms with van der Waals surface area (Å²) in [5, 5.41) is 3.03. The van der Waals surface area contributed by atoms with Crippen LogP contribution in [0.2, 0.25) is 0 Å². The molecule has 24 heavy (non-hydrogen) atoms. The van der Waals surface area contributed by atoms with Gasteiger partial charge in [-0.05, 0) is 54.5 Å². The van der Waals surface area contributed by atoms with Crippen LogP contribution in [0.5, 0.6) is 0 Å². The first-order valence-electron chi connectivity index (χ1n) is 8.98. The Morgan fingerprint density at radius 2 is 1.79 bits per heavy atom. The highest BCUT2D eigenvalue weighted by Crippen LogP contribution is 2.28. The van der Waals surface area contributed by atoms with Crippen LogP contribution in [-0.2, 0) is 24.2 Å². The smallest absolute Gasteiger partial charge is 0.223 e. The molecule has 1 aliphatic carbocycles. The Morgan fingerprint density at radius 3 is 2.54 bits per heavy atom. The Bertz CT molecular complexity index is 719. The molecule has 1 saturated carbocycles.